The quantitative estimate of drug-likeness (QED) is 0.574. The smallest absolute Gasteiger partial charge is 0.132 e. The fourth-order valence-corrected chi connectivity index (χ4v) is 3.61. The third-order valence-electron chi connectivity index (χ3n) is 5.36. The second kappa shape index (κ2) is 7.04. The first-order valence-corrected chi connectivity index (χ1v) is 8.92. The van der Waals surface area contributed by atoms with Crippen LogP contribution in [0, 0.1) is 11.8 Å². The van der Waals surface area contributed by atoms with Crippen LogP contribution in [-0.4, -0.2) is 39.4 Å². The van der Waals surface area contributed by atoms with Gasteiger partial charge < -0.3 is 14.9 Å². The Kier molecular flexibility index (Phi) is 5.70. The zero-order valence-corrected chi connectivity index (χ0v) is 14.9. The molecule has 1 heterocycles. The maximum Gasteiger partial charge on any atom is 0.132 e. The van der Waals surface area contributed by atoms with Crippen LogP contribution in [-0.2, 0) is 9.53 Å². The van der Waals surface area contributed by atoms with E-state index in [1.807, 2.05) is 13.0 Å². The SMILES string of the molecule is CC(C)C1C=CC(C)(O)CC(O)C2OC2(C)CCCC(=O)CC1. The van der Waals surface area contributed by atoms with Gasteiger partial charge in [0.15, 0.2) is 0 Å². The van der Waals surface area contributed by atoms with E-state index in [9.17, 15) is 15.0 Å². The second-order valence-corrected chi connectivity index (χ2v) is 8.18. The van der Waals surface area contributed by atoms with Gasteiger partial charge in [0.25, 0.3) is 0 Å². The highest BCUT2D eigenvalue weighted by molar-refractivity contribution is 5.78. The number of fused-ring (bicyclic) bond motifs is 1. The minimum atomic E-state index is -1.06. The van der Waals surface area contributed by atoms with Crippen LogP contribution in [0.4, 0.5) is 0 Å². The molecule has 1 aliphatic carbocycles. The van der Waals surface area contributed by atoms with Gasteiger partial charge >= 0.3 is 0 Å². The topological polar surface area (TPSA) is 70.1 Å². The Bertz CT molecular complexity index is 454. The third kappa shape index (κ3) is 5.13. The summed E-state index contributed by atoms with van der Waals surface area (Å²) in [5.74, 6) is 0.991. The van der Waals surface area contributed by atoms with Gasteiger partial charge in [0, 0.05) is 19.3 Å². The fraction of sp³-hybridized carbons (Fsp3) is 0.842. The summed E-state index contributed by atoms with van der Waals surface area (Å²) in [6.07, 6.45) is 6.75. The van der Waals surface area contributed by atoms with Gasteiger partial charge in [-0.25, -0.2) is 0 Å². The monoisotopic (exact) mass is 324 g/mol. The van der Waals surface area contributed by atoms with Gasteiger partial charge in [0.05, 0.1) is 17.3 Å². The van der Waals surface area contributed by atoms with Gasteiger partial charge in [-0.05, 0) is 44.9 Å². The van der Waals surface area contributed by atoms with E-state index in [4.69, 9.17) is 4.74 Å². The molecule has 2 N–H and O–H groups in total. The molecule has 0 aromatic carbocycles. The highest BCUT2D eigenvalue weighted by atomic mass is 16.6. The molecule has 2 rings (SSSR count). The van der Waals surface area contributed by atoms with E-state index in [0.29, 0.717) is 24.5 Å². The van der Waals surface area contributed by atoms with E-state index in [0.717, 1.165) is 19.3 Å². The van der Waals surface area contributed by atoms with Crippen molar-refractivity contribution in [3.05, 3.63) is 12.2 Å². The molecule has 132 valence electrons. The summed E-state index contributed by atoms with van der Waals surface area (Å²) in [6.45, 7) is 7.97. The summed E-state index contributed by atoms with van der Waals surface area (Å²) in [6, 6.07) is 0. The van der Waals surface area contributed by atoms with Crippen molar-refractivity contribution in [2.45, 2.75) is 89.6 Å². The van der Waals surface area contributed by atoms with Gasteiger partial charge in [-0.1, -0.05) is 26.0 Å². The summed E-state index contributed by atoms with van der Waals surface area (Å²) in [4.78, 5) is 12.1. The van der Waals surface area contributed by atoms with Crippen molar-refractivity contribution < 1.29 is 19.7 Å². The van der Waals surface area contributed by atoms with Crippen LogP contribution in [0.3, 0.4) is 0 Å². The normalized spacial score (nSPS) is 43.1. The molecule has 1 fully saturated rings. The summed E-state index contributed by atoms with van der Waals surface area (Å²) in [5, 5.41) is 20.9. The van der Waals surface area contributed by atoms with Crippen LogP contribution in [0.5, 0.6) is 0 Å². The predicted octanol–water partition coefficient (Wildman–Crippen LogP) is 3.01. The number of hydrogen-bond donors (Lipinski definition) is 2. The molecule has 0 saturated carbocycles. The summed E-state index contributed by atoms with van der Waals surface area (Å²) >= 11 is 0. The zero-order valence-electron chi connectivity index (χ0n) is 14.9. The average Bonchev–Trinajstić information content (AvgIpc) is 3.09. The summed E-state index contributed by atoms with van der Waals surface area (Å²) in [5.41, 5.74) is -1.41. The first-order chi connectivity index (χ1) is 10.6. The van der Waals surface area contributed by atoms with E-state index in [1.165, 1.54) is 0 Å². The van der Waals surface area contributed by atoms with Crippen molar-refractivity contribution in [3.8, 4) is 0 Å². The number of allylic oxidation sites excluding steroid dienone is 1. The molecule has 1 aliphatic heterocycles. The average molecular weight is 324 g/mol. The lowest BCUT2D eigenvalue weighted by atomic mass is 9.85. The van der Waals surface area contributed by atoms with Gasteiger partial charge in [-0.15, -0.1) is 0 Å². The molecule has 5 unspecified atom stereocenters. The molecule has 4 heteroatoms. The van der Waals surface area contributed by atoms with Crippen molar-refractivity contribution in [3.63, 3.8) is 0 Å². The largest absolute Gasteiger partial charge is 0.390 e. The van der Waals surface area contributed by atoms with Crippen LogP contribution >= 0.6 is 0 Å². The third-order valence-corrected chi connectivity index (χ3v) is 5.36. The van der Waals surface area contributed by atoms with Crippen LogP contribution in [0.25, 0.3) is 0 Å². The molecule has 0 radical (unpaired) electrons. The van der Waals surface area contributed by atoms with Crippen LogP contribution < -0.4 is 0 Å². The second-order valence-electron chi connectivity index (χ2n) is 8.18. The Morgan fingerprint density at radius 2 is 2.00 bits per heavy atom. The maximum atomic E-state index is 12.1. The number of ketones is 1. The molecule has 5 atom stereocenters. The number of hydrogen-bond acceptors (Lipinski definition) is 4. The number of rotatable bonds is 1. The van der Waals surface area contributed by atoms with Gasteiger partial charge in [0.2, 0.25) is 0 Å². The van der Waals surface area contributed by atoms with Crippen LogP contribution in [0.1, 0.15) is 66.2 Å². The molecule has 4 nitrogen and oxygen atoms in total. The molecule has 1 saturated heterocycles. The Hall–Kier alpha value is -0.710. The molecular formula is C19H32O4. The fourth-order valence-electron chi connectivity index (χ4n) is 3.61. The maximum absolute atomic E-state index is 12.1. The molecular weight excluding hydrogens is 292 g/mol. The van der Waals surface area contributed by atoms with Gasteiger partial charge in [0.1, 0.15) is 11.9 Å². The van der Waals surface area contributed by atoms with E-state index in [1.54, 1.807) is 13.0 Å². The van der Waals surface area contributed by atoms with Crippen molar-refractivity contribution in [1.29, 1.82) is 0 Å². The van der Waals surface area contributed by atoms with Gasteiger partial charge in [-0.3, -0.25) is 4.79 Å². The Morgan fingerprint density at radius 1 is 1.30 bits per heavy atom. The summed E-state index contributed by atoms with van der Waals surface area (Å²) in [7, 11) is 0. The minimum absolute atomic E-state index is 0.235. The number of epoxide rings is 1. The molecule has 0 aromatic rings. The van der Waals surface area contributed by atoms with Crippen molar-refractivity contribution >= 4 is 5.78 Å². The number of carbonyl (C=O) groups is 1. The first kappa shape index (κ1) is 18.6. The lowest BCUT2D eigenvalue weighted by Crippen LogP contribution is -2.33. The van der Waals surface area contributed by atoms with Gasteiger partial charge in [-0.2, -0.15) is 0 Å². The van der Waals surface area contributed by atoms with Crippen LogP contribution in [0.15, 0.2) is 12.2 Å². The molecule has 0 bridgehead atoms. The van der Waals surface area contributed by atoms with E-state index < -0.39 is 11.7 Å². The van der Waals surface area contributed by atoms with Crippen molar-refractivity contribution in [2.24, 2.45) is 11.8 Å². The number of aliphatic hydroxyl groups excluding tert-OH is 1. The molecule has 2 aliphatic rings. The zero-order chi connectivity index (χ0) is 17.3. The van der Waals surface area contributed by atoms with E-state index in [-0.39, 0.29) is 24.0 Å². The Labute approximate surface area is 139 Å². The Morgan fingerprint density at radius 3 is 2.65 bits per heavy atom. The van der Waals surface area contributed by atoms with Crippen molar-refractivity contribution in [2.75, 3.05) is 0 Å². The lowest BCUT2D eigenvalue weighted by Gasteiger charge is -2.25. The summed E-state index contributed by atoms with van der Waals surface area (Å²) < 4.78 is 5.68. The first-order valence-electron chi connectivity index (χ1n) is 8.92. The number of Topliss-reactive ketones (excluding diaryl/α,β-unsaturated/α-hetero) is 1. The lowest BCUT2D eigenvalue weighted by molar-refractivity contribution is -0.119. The van der Waals surface area contributed by atoms with Crippen molar-refractivity contribution in [1.82, 2.24) is 0 Å². The minimum Gasteiger partial charge on any atom is -0.390 e. The predicted molar refractivity (Wildman–Crippen MR) is 90.1 cm³/mol. The molecule has 23 heavy (non-hydrogen) atoms. The number of aliphatic hydroxyl groups is 2. The highest BCUT2D eigenvalue weighted by Crippen LogP contribution is 2.44. The van der Waals surface area contributed by atoms with E-state index >= 15 is 0 Å². The van der Waals surface area contributed by atoms with Crippen LogP contribution in [0.2, 0.25) is 0 Å². The Balaban J connectivity index is 2.13. The molecule has 0 amide bonds. The number of ether oxygens (including phenoxy) is 1. The molecule has 0 spiro atoms. The number of carbonyl (C=O) groups excluding carboxylic acids is 1. The highest BCUT2D eigenvalue weighted by Gasteiger charge is 2.56. The van der Waals surface area contributed by atoms with E-state index in [2.05, 4.69) is 13.8 Å². The standard InChI is InChI=1S/C19H32O4/c1-13(2)14-7-8-15(20)6-5-10-19(4)17(23-19)16(21)12-18(3,22)11-9-14/h9,11,13-14,16-17,21-22H,5-8,10,12H2,1-4H3. The molecule has 0 aromatic heterocycles.